The normalized spacial score (nSPS) is 15.8. The van der Waals surface area contributed by atoms with Gasteiger partial charge < -0.3 is 10.6 Å². The van der Waals surface area contributed by atoms with Crippen LogP contribution in [0.2, 0.25) is 0 Å². The summed E-state index contributed by atoms with van der Waals surface area (Å²) in [6.45, 7) is 7.71. The van der Waals surface area contributed by atoms with Crippen LogP contribution in [0.4, 0.5) is 4.79 Å². The molecule has 1 saturated heterocycles. The highest BCUT2D eigenvalue weighted by molar-refractivity contribution is 7.91. The summed E-state index contributed by atoms with van der Waals surface area (Å²) in [6, 6.07) is 13.8. The number of urea groups is 1. The Morgan fingerprint density at radius 1 is 1.10 bits per heavy atom. The molecule has 1 fully saturated rings. The van der Waals surface area contributed by atoms with Crippen molar-refractivity contribution in [2.75, 3.05) is 26.2 Å². The van der Waals surface area contributed by atoms with Crippen LogP contribution in [0.1, 0.15) is 37.1 Å². The van der Waals surface area contributed by atoms with E-state index in [-0.39, 0.29) is 12.1 Å². The third kappa shape index (κ3) is 6.52. The molecule has 0 radical (unpaired) electrons. The summed E-state index contributed by atoms with van der Waals surface area (Å²) >= 11 is 1.21. The maximum Gasteiger partial charge on any atom is 0.315 e. The van der Waals surface area contributed by atoms with Gasteiger partial charge in [0.05, 0.1) is 6.54 Å². The molecule has 0 atom stereocenters. The van der Waals surface area contributed by atoms with Crippen molar-refractivity contribution in [3.05, 3.63) is 52.9 Å². The highest BCUT2D eigenvalue weighted by Crippen LogP contribution is 2.24. The predicted octanol–water partition coefficient (Wildman–Crippen LogP) is 3.24. The molecule has 1 aliphatic rings. The van der Waals surface area contributed by atoms with Gasteiger partial charge in [0.25, 0.3) is 10.0 Å². The van der Waals surface area contributed by atoms with Crippen molar-refractivity contribution in [3.63, 3.8) is 0 Å². The standard InChI is InChI=1S/C22H32N4O3S2/c1-3-26(4-2)31(28,29)21-11-10-20(30-21)16-23-22(27)24-19-12-14-25(15-13-19)17-18-8-6-5-7-9-18/h5-11,19H,3-4,12-17H2,1-2H3,(H2,23,24,27). The van der Waals surface area contributed by atoms with Gasteiger partial charge in [0.2, 0.25) is 0 Å². The van der Waals surface area contributed by atoms with Crippen LogP contribution in [0.5, 0.6) is 0 Å². The summed E-state index contributed by atoms with van der Waals surface area (Å²) in [5.74, 6) is 0. The number of nitrogens with one attached hydrogen (secondary N) is 2. The Bertz CT molecular complexity index is 935. The van der Waals surface area contributed by atoms with Crippen LogP contribution >= 0.6 is 11.3 Å². The summed E-state index contributed by atoms with van der Waals surface area (Å²) in [6.07, 6.45) is 1.84. The number of nitrogens with zero attached hydrogens (tertiary/aromatic N) is 2. The highest BCUT2D eigenvalue weighted by atomic mass is 32.2. The summed E-state index contributed by atoms with van der Waals surface area (Å²) in [4.78, 5) is 15.5. The molecule has 31 heavy (non-hydrogen) atoms. The number of carbonyl (C=O) groups excluding carboxylic acids is 1. The van der Waals surface area contributed by atoms with Crippen LogP contribution in [0.25, 0.3) is 0 Å². The molecule has 3 rings (SSSR count). The van der Waals surface area contributed by atoms with Gasteiger partial charge in [-0.25, -0.2) is 13.2 Å². The minimum absolute atomic E-state index is 0.161. The van der Waals surface area contributed by atoms with Crippen LogP contribution in [0.15, 0.2) is 46.7 Å². The van der Waals surface area contributed by atoms with Gasteiger partial charge in [0.1, 0.15) is 4.21 Å². The van der Waals surface area contributed by atoms with Crippen molar-refractivity contribution in [1.29, 1.82) is 0 Å². The van der Waals surface area contributed by atoms with Gasteiger partial charge >= 0.3 is 6.03 Å². The zero-order valence-electron chi connectivity index (χ0n) is 18.2. The van der Waals surface area contributed by atoms with E-state index in [1.807, 2.05) is 19.9 Å². The molecular formula is C22H32N4O3S2. The fourth-order valence-corrected chi connectivity index (χ4v) is 6.67. The lowest BCUT2D eigenvalue weighted by Gasteiger charge is -2.32. The van der Waals surface area contributed by atoms with Gasteiger partial charge in [-0.3, -0.25) is 4.90 Å². The van der Waals surface area contributed by atoms with Gasteiger partial charge in [-0.15, -0.1) is 11.3 Å². The molecule has 1 aliphatic heterocycles. The summed E-state index contributed by atoms with van der Waals surface area (Å²) in [7, 11) is -3.45. The summed E-state index contributed by atoms with van der Waals surface area (Å²) < 4.78 is 26.9. The van der Waals surface area contributed by atoms with E-state index in [0.717, 1.165) is 37.4 Å². The number of sulfonamides is 1. The monoisotopic (exact) mass is 464 g/mol. The largest absolute Gasteiger partial charge is 0.335 e. The predicted molar refractivity (Wildman–Crippen MR) is 125 cm³/mol. The molecule has 0 saturated carbocycles. The molecule has 1 aromatic heterocycles. The quantitative estimate of drug-likeness (QED) is 0.597. The van der Waals surface area contributed by atoms with E-state index < -0.39 is 10.0 Å². The Hall–Kier alpha value is -1.94. The SMILES string of the molecule is CCN(CC)S(=O)(=O)c1ccc(CNC(=O)NC2CCN(Cc3ccccc3)CC2)s1. The second-order valence-corrected chi connectivity index (χ2v) is 11.0. The lowest BCUT2D eigenvalue weighted by molar-refractivity contribution is 0.186. The van der Waals surface area contributed by atoms with Crippen molar-refractivity contribution >= 4 is 27.4 Å². The molecule has 0 bridgehead atoms. The molecular weight excluding hydrogens is 432 g/mol. The van der Waals surface area contributed by atoms with Gasteiger partial charge in [-0.05, 0) is 30.5 Å². The first-order valence-electron chi connectivity index (χ1n) is 10.8. The van der Waals surface area contributed by atoms with Crippen molar-refractivity contribution in [3.8, 4) is 0 Å². The second-order valence-electron chi connectivity index (χ2n) is 7.67. The van der Waals surface area contributed by atoms with Gasteiger partial charge in [-0.2, -0.15) is 4.31 Å². The average molecular weight is 465 g/mol. The molecule has 2 heterocycles. The number of likely N-dealkylation sites (tertiary alicyclic amines) is 1. The molecule has 0 aliphatic carbocycles. The molecule has 170 valence electrons. The van der Waals surface area contributed by atoms with E-state index in [1.165, 1.54) is 21.2 Å². The number of carbonyl (C=O) groups is 1. The summed E-state index contributed by atoms with van der Waals surface area (Å²) in [5.41, 5.74) is 1.31. The Kier molecular flexibility index (Phi) is 8.48. The number of piperidine rings is 1. The first-order valence-corrected chi connectivity index (χ1v) is 13.1. The number of rotatable bonds is 9. The lowest BCUT2D eigenvalue weighted by Crippen LogP contribution is -2.47. The van der Waals surface area contributed by atoms with Crippen LogP contribution in [-0.2, 0) is 23.1 Å². The Labute approximate surface area is 189 Å². The number of hydrogen-bond donors (Lipinski definition) is 2. The molecule has 9 heteroatoms. The maximum atomic E-state index is 12.6. The summed E-state index contributed by atoms with van der Waals surface area (Å²) in [5, 5.41) is 5.91. The van der Waals surface area contributed by atoms with Crippen molar-refractivity contribution in [1.82, 2.24) is 19.8 Å². The molecule has 2 aromatic rings. The average Bonchev–Trinajstić information content (AvgIpc) is 3.25. The fraction of sp³-hybridized carbons (Fsp3) is 0.500. The first-order chi connectivity index (χ1) is 14.9. The van der Waals surface area contributed by atoms with Gasteiger partial charge in [-0.1, -0.05) is 44.2 Å². The Morgan fingerprint density at radius 2 is 1.77 bits per heavy atom. The first kappa shape index (κ1) is 23.7. The number of hydrogen-bond acceptors (Lipinski definition) is 5. The van der Waals surface area contributed by atoms with Crippen LogP contribution < -0.4 is 10.6 Å². The van der Waals surface area contributed by atoms with E-state index in [2.05, 4.69) is 39.8 Å². The smallest absolute Gasteiger partial charge is 0.315 e. The molecule has 0 unspecified atom stereocenters. The minimum Gasteiger partial charge on any atom is -0.335 e. The minimum atomic E-state index is -3.45. The van der Waals surface area contributed by atoms with Crippen molar-refractivity contribution in [2.24, 2.45) is 0 Å². The number of thiophene rings is 1. The fourth-order valence-electron chi connectivity index (χ4n) is 3.76. The lowest BCUT2D eigenvalue weighted by atomic mass is 10.0. The number of benzene rings is 1. The molecule has 7 nitrogen and oxygen atoms in total. The molecule has 1 aromatic carbocycles. The zero-order chi connectivity index (χ0) is 22.3. The van der Waals surface area contributed by atoms with E-state index in [1.54, 1.807) is 12.1 Å². The Balaban J connectivity index is 1.42. The number of amides is 2. The van der Waals surface area contributed by atoms with Crippen LogP contribution in [0, 0.1) is 0 Å². The van der Waals surface area contributed by atoms with Crippen LogP contribution in [-0.4, -0.2) is 55.9 Å². The van der Waals surface area contributed by atoms with Gasteiger partial charge in [0, 0.05) is 43.6 Å². The van der Waals surface area contributed by atoms with E-state index >= 15 is 0 Å². The third-order valence-corrected chi connectivity index (χ3v) is 9.13. The maximum absolute atomic E-state index is 12.6. The zero-order valence-corrected chi connectivity index (χ0v) is 19.8. The topological polar surface area (TPSA) is 81.8 Å². The van der Waals surface area contributed by atoms with E-state index in [0.29, 0.717) is 23.8 Å². The molecule has 0 spiro atoms. The second kappa shape index (κ2) is 11.1. The van der Waals surface area contributed by atoms with Crippen molar-refractivity contribution < 1.29 is 13.2 Å². The molecule has 2 amide bonds. The van der Waals surface area contributed by atoms with Gasteiger partial charge in [0.15, 0.2) is 0 Å². The van der Waals surface area contributed by atoms with Crippen molar-refractivity contribution in [2.45, 2.75) is 50.0 Å². The van der Waals surface area contributed by atoms with E-state index in [9.17, 15) is 13.2 Å². The van der Waals surface area contributed by atoms with Crippen LogP contribution in [0.3, 0.4) is 0 Å². The highest BCUT2D eigenvalue weighted by Gasteiger charge is 2.24. The van der Waals surface area contributed by atoms with E-state index in [4.69, 9.17) is 0 Å². The Morgan fingerprint density at radius 3 is 2.42 bits per heavy atom. The third-order valence-electron chi connectivity index (χ3n) is 5.53. The molecule has 2 N–H and O–H groups in total.